The lowest BCUT2D eigenvalue weighted by molar-refractivity contribution is -0.148. The van der Waals surface area contributed by atoms with Gasteiger partial charge >= 0.3 is 12.4 Å². The van der Waals surface area contributed by atoms with Gasteiger partial charge in [0.15, 0.2) is 5.70 Å². The van der Waals surface area contributed by atoms with Crippen LogP contribution in [0.3, 0.4) is 0 Å². The van der Waals surface area contributed by atoms with Crippen LogP contribution in [0.2, 0.25) is 0 Å². The van der Waals surface area contributed by atoms with Crippen molar-refractivity contribution in [1.29, 1.82) is 0 Å². The van der Waals surface area contributed by atoms with Crippen molar-refractivity contribution in [2.45, 2.75) is 0 Å². The van der Waals surface area contributed by atoms with E-state index in [4.69, 9.17) is 0 Å². The summed E-state index contributed by atoms with van der Waals surface area (Å²) in [4.78, 5) is 32.1. The second kappa shape index (κ2) is 4.17. The third-order valence-electron chi connectivity index (χ3n) is 0.571. The first kappa shape index (κ1) is 8.26. The minimum atomic E-state index is -1.06. The molecular weight excluding hydrogens is 138 g/mol. The Labute approximate surface area is 56.0 Å². The molecule has 0 aliphatic heterocycles. The summed E-state index contributed by atoms with van der Waals surface area (Å²) in [6, 6.07) is 0. The molecule has 0 radical (unpaired) electrons. The highest BCUT2D eigenvalue weighted by Crippen LogP contribution is 1.91. The normalized spacial score (nSPS) is 7.20. The molecule has 5 heteroatoms. The first-order chi connectivity index (χ1) is 4.72. The molecule has 0 saturated heterocycles. The first-order valence-corrected chi connectivity index (χ1v) is 2.13. The van der Waals surface area contributed by atoms with Gasteiger partial charge in [-0.25, -0.2) is 9.59 Å². The molecule has 0 atom stereocenters. The summed E-state index contributed by atoms with van der Waals surface area (Å²) in [6.45, 7) is 2.92. The highest BCUT2D eigenvalue weighted by atomic mass is 16.6. The van der Waals surface area contributed by atoms with Gasteiger partial charge in [-0.1, -0.05) is 6.58 Å². The van der Waals surface area contributed by atoms with E-state index in [9.17, 15) is 14.4 Å². The molecule has 5 nitrogen and oxygen atoms in total. The summed E-state index contributed by atoms with van der Waals surface area (Å²) in [7, 11) is 0. The van der Waals surface area contributed by atoms with Crippen LogP contribution in [0.5, 0.6) is 0 Å². The molecule has 10 heavy (non-hydrogen) atoms. The minimum absolute atomic E-state index is 0.0756. The molecule has 0 unspecified atom stereocenters. The maximum absolute atomic E-state index is 10.3. The minimum Gasteiger partial charge on any atom is -0.391 e. The van der Waals surface area contributed by atoms with E-state index in [1.54, 1.807) is 0 Å². The molecule has 0 spiro atoms. The lowest BCUT2D eigenvalue weighted by Gasteiger charge is -1.89. The predicted octanol–water partition coefficient (Wildman–Crippen LogP) is -0.465. The number of nitrogens with zero attached hydrogens (tertiary/aromatic N) is 1. The van der Waals surface area contributed by atoms with Gasteiger partial charge in [-0.15, -0.1) is 0 Å². The van der Waals surface area contributed by atoms with E-state index in [0.29, 0.717) is 0 Å². The summed E-state index contributed by atoms with van der Waals surface area (Å²) in [5.74, 6) is -1.06. The van der Waals surface area contributed by atoms with Crippen LogP contribution in [-0.4, -0.2) is 18.5 Å². The summed E-state index contributed by atoms with van der Waals surface area (Å²) in [5, 5.41) is 0. The fourth-order valence-electron chi connectivity index (χ4n) is 0.212. The van der Waals surface area contributed by atoms with Crippen molar-refractivity contribution in [1.82, 2.24) is 0 Å². The van der Waals surface area contributed by atoms with E-state index in [1.807, 2.05) is 0 Å². The molecule has 0 aliphatic rings. The number of esters is 1. The fourth-order valence-corrected chi connectivity index (χ4v) is 0.212. The van der Waals surface area contributed by atoms with E-state index < -0.39 is 11.7 Å². The number of isocyanates is 1. The van der Waals surface area contributed by atoms with Crippen LogP contribution in [0.1, 0.15) is 0 Å². The molecule has 0 heterocycles. The Morgan fingerprint density at radius 1 is 1.70 bits per heavy atom. The van der Waals surface area contributed by atoms with Gasteiger partial charge in [-0.05, 0) is 0 Å². The standard InChI is InChI=1S/C5H3NO4/c1-4(6-2-7)5(9)10-3-8/h3H,1H2. The average molecular weight is 141 g/mol. The zero-order chi connectivity index (χ0) is 7.98. The van der Waals surface area contributed by atoms with Crippen LogP contribution < -0.4 is 0 Å². The molecule has 0 N–H and O–H groups in total. The molecule has 0 amide bonds. The monoisotopic (exact) mass is 141 g/mol. The van der Waals surface area contributed by atoms with E-state index in [2.05, 4.69) is 16.3 Å². The molecule has 0 aromatic rings. The maximum Gasteiger partial charge on any atom is 0.364 e. The molecule has 0 saturated carbocycles. The second-order valence-electron chi connectivity index (χ2n) is 1.15. The number of hydrogen-bond acceptors (Lipinski definition) is 5. The van der Waals surface area contributed by atoms with Gasteiger partial charge in [0.25, 0.3) is 0 Å². The summed E-state index contributed by atoms with van der Waals surface area (Å²) >= 11 is 0. The molecule has 0 aromatic heterocycles. The molecule has 52 valence electrons. The fraction of sp³-hybridized carbons (Fsp3) is 0. The summed E-state index contributed by atoms with van der Waals surface area (Å²) in [5.41, 5.74) is -0.456. The van der Waals surface area contributed by atoms with Crippen molar-refractivity contribution in [2.24, 2.45) is 4.99 Å². The van der Waals surface area contributed by atoms with Gasteiger partial charge < -0.3 is 4.74 Å². The molecule has 0 rings (SSSR count). The van der Waals surface area contributed by atoms with Crippen LogP contribution in [0.25, 0.3) is 0 Å². The molecular formula is C5H3NO4. The smallest absolute Gasteiger partial charge is 0.364 e. The molecule has 0 bridgehead atoms. The largest absolute Gasteiger partial charge is 0.391 e. The van der Waals surface area contributed by atoms with Crippen molar-refractivity contribution in [3.63, 3.8) is 0 Å². The van der Waals surface area contributed by atoms with E-state index in [1.165, 1.54) is 0 Å². The van der Waals surface area contributed by atoms with Crippen LogP contribution >= 0.6 is 0 Å². The molecule has 0 aromatic carbocycles. The third-order valence-corrected chi connectivity index (χ3v) is 0.571. The van der Waals surface area contributed by atoms with Crippen molar-refractivity contribution >= 4 is 18.5 Å². The van der Waals surface area contributed by atoms with Gasteiger partial charge in [0, 0.05) is 0 Å². The highest BCUT2D eigenvalue weighted by molar-refractivity contribution is 5.91. The Bertz CT molecular complexity index is 214. The van der Waals surface area contributed by atoms with Crippen LogP contribution in [-0.2, 0) is 19.1 Å². The SMILES string of the molecule is C=C(N=C=O)C(=O)OC=O. The Hall–Kier alpha value is -1.74. The highest BCUT2D eigenvalue weighted by Gasteiger charge is 2.04. The third kappa shape index (κ3) is 2.54. The van der Waals surface area contributed by atoms with Crippen molar-refractivity contribution in [3.8, 4) is 0 Å². The number of ether oxygens (including phenoxy) is 1. The number of rotatable bonds is 3. The summed E-state index contributed by atoms with van der Waals surface area (Å²) < 4.78 is 3.76. The van der Waals surface area contributed by atoms with Crippen LogP contribution in [0.4, 0.5) is 0 Å². The van der Waals surface area contributed by atoms with Gasteiger partial charge in [0.1, 0.15) is 0 Å². The van der Waals surface area contributed by atoms with Gasteiger partial charge in [-0.2, -0.15) is 4.99 Å². The number of aliphatic imine (C=N–C) groups is 1. The number of hydrogen-bond donors (Lipinski definition) is 0. The maximum atomic E-state index is 10.3. The first-order valence-electron chi connectivity index (χ1n) is 2.13. The zero-order valence-electron chi connectivity index (χ0n) is 4.86. The van der Waals surface area contributed by atoms with Crippen LogP contribution in [0.15, 0.2) is 17.3 Å². The average Bonchev–Trinajstić information content (AvgIpc) is 1.89. The van der Waals surface area contributed by atoms with Gasteiger partial charge in [0.05, 0.1) is 0 Å². The summed E-state index contributed by atoms with van der Waals surface area (Å²) in [6.07, 6.45) is 1.07. The van der Waals surface area contributed by atoms with Gasteiger partial charge in [-0.3, -0.25) is 4.79 Å². The van der Waals surface area contributed by atoms with E-state index in [0.717, 1.165) is 6.08 Å². The Morgan fingerprint density at radius 2 is 2.30 bits per heavy atom. The second-order valence-corrected chi connectivity index (χ2v) is 1.15. The zero-order valence-corrected chi connectivity index (χ0v) is 4.86. The molecule has 0 aliphatic carbocycles. The lowest BCUT2D eigenvalue weighted by atomic mass is 10.5. The quantitative estimate of drug-likeness (QED) is 0.133. The molecule has 0 fully saturated rings. The Morgan fingerprint density at radius 3 is 2.70 bits per heavy atom. The van der Waals surface area contributed by atoms with Crippen molar-refractivity contribution in [2.75, 3.05) is 0 Å². The Balaban J connectivity index is 4.07. The van der Waals surface area contributed by atoms with Crippen molar-refractivity contribution in [3.05, 3.63) is 12.3 Å². The van der Waals surface area contributed by atoms with E-state index >= 15 is 0 Å². The van der Waals surface area contributed by atoms with E-state index in [-0.39, 0.29) is 6.47 Å². The Kier molecular flexibility index (Phi) is 3.44. The topological polar surface area (TPSA) is 72.8 Å². The number of carbonyl (C=O) groups excluding carboxylic acids is 3. The van der Waals surface area contributed by atoms with Crippen molar-refractivity contribution < 1.29 is 19.1 Å². The van der Waals surface area contributed by atoms with Crippen LogP contribution in [0, 0.1) is 0 Å². The van der Waals surface area contributed by atoms with Gasteiger partial charge in [0.2, 0.25) is 6.08 Å². The number of carbonyl (C=O) groups is 2. The predicted molar refractivity (Wildman–Crippen MR) is 29.4 cm³/mol. The lowest BCUT2D eigenvalue weighted by Crippen LogP contribution is -2.03.